The van der Waals surface area contributed by atoms with Crippen molar-refractivity contribution in [1.29, 1.82) is 0 Å². The third-order valence-corrected chi connectivity index (χ3v) is 5.72. The van der Waals surface area contributed by atoms with Crippen molar-refractivity contribution >= 4 is 62.2 Å². The molecule has 0 aliphatic rings. The van der Waals surface area contributed by atoms with E-state index in [1.165, 1.54) is 6.21 Å². The van der Waals surface area contributed by atoms with E-state index < -0.39 is 5.91 Å². The topological polar surface area (TPSA) is 63.8 Å². The molecule has 0 saturated carbocycles. The van der Waals surface area contributed by atoms with Gasteiger partial charge < -0.3 is 9.15 Å². The van der Waals surface area contributed by atoms with Crippen molar-refractivity contribution in [3.05, 3.63) is 98.1 Å². The zero-order valence-corrected chi connectivity index (χ0v) is 19.0. The highest BCUT2D eigenvalue weighted by atomic mass is 79.9. The Kier molecular flexibility index (Phi) is 6.61. The maximum Gasteiger partial charge on any atom is 0.307 e. The second kappa shape index (κ2) is 9.56. The molecule has 5 nitrogen and oxygen atoms in total. The largest absolute Gasteiger partial charge is 0.488 e. The van der Waals surface area contributed by atoms with Gasteiger partial charge in [-0.3, -0.25) is 4.79 Å². The van der Waals surface area contributed by atoms with E-state index in [0.29, 0.717) is 28.0 Å². The number of hydrogen-bond donors (Lipinski definition) is 1. The molecule has 31 heavy (non-hydrogen) atoms. The summed E-state index contributed by atoms with van der Waals surface area (Å²) < 4.78 is 12.1. The molecule has 0 aliphatic heterocycles. The van der Waals surface area contributed by atoms with E-state index >= 15 is 0 Å². The number of nitrogens with zero attached hydrogens (tertiary/aromatic N) is 1. The minimum absolute atomic E-state index is 0.200. The minimum Gasteiger partial charge on any atom is -0.488 e. The van der Waals surface area contributed by atoms with Crippen LogP contribution in [0.4, 0.5) is 0 Å². The van der Waals surface area contributed by atoms with Crippen LogP contribution in [0.2, 0.25) is 10.0 Å². The SMILES string of the molecule is O=C(N/N=C/c1ccc(OCc2ccc(Cl)c(Cl)c2)c(Br)c1)c1cc2ccccc2o1. The second-order valence-electron chi connectivity index (χ2n) is 6.57. The summed E-state index contributed by atoms with van der Waals surface area (Å²) in [5.41, 5.74) is 4.80. The molecule has 0 unspecified atom stereocenters. The molecule has 0 aliphatic carbocycles. The molecule has 0 fully saturated rings. The number of carbonyl (C=O) groups is 1. The zero-order chi connectivity index (χ0) is 21.8. The van der Waals surface area contributed by atoms with Gasteiger partial charge in [0.05, 0.1) is 20.7 Å². The smallest absolute Gasteiger partial charge is 0.307 e. The fourth-order valence-corrected chi connectivity index (χ4v) is 3.65. The molecule has 0 spiro atoms. The Bertz CT molecular complexity index is 1250. The molecule has 4 rings (SSSR count). The number of para-hydroxylation sites is 1. The quantitative estimate of drug-likeness (QED) is 0.225. The molecule has 3 aromatic carbocycles. The molecule has 0 radical (unpaired) electrons. The lowest BCUT2D eigenvalue weighted by Crippen LogP contribution is -2.16. The Morgan fingerprint density at radius 2 is 1.90 bits per heavy atom. The monoisotopic (exact) mass is 516 g/mol. The molecule has 156 valence electrons. The van der Waals surface area contributed by atoms with Crippen LogP contribution in [0.15, 0.2) is 80.7 Å². The Balaban J connectivity index is 1.36. The number of benzene rings is 3. The lowest BCUT2D eigenvalue weighted by atomic mass is 10.2. The van der Waals surface area contributed by atoms with Gasteiger partial charge in [0.2, 0.25) is 0 Å². The van der Waals surface area contributed by atoms with Crippen molar-refractivity contribution in [1.82, 2.24) is 5.43 Å². The van der Waals surface area contributed by atoms with Gasteiger partial charge >= 0.3 is 5.91 Å². The fraction of sp³-hybridized carbons (Fsp3) is 0.0435. The molecular weight excluding hydrogens is 503 g/mol. The Morgan fingerprint density at radius 1 is 1.06 bits per heavy atom. The fourth-order valence-electron chi connectivity index (χ4n) is 2.82. The zero-order valence-electron chi connectivity index (χ0n) is 15.9. The highest BCUT2D eigenvalue weighted by Crippen LogP contribution is 2.28. The highest BCUT2D eigenvalue weighted by Gasteiger charge is 2.11. The van der Waals surface area contributed by atoms with Gasteiger partial charge in [-0.15, -0.1) is 0 Å². The van der Waals surface area contributed by atoms with Gasteiger partial charge in [-0.1, -0.05) is 47.5 Å². The number of fused-ring (bicyclic) bond motifs is 1. The van der Waals surface area contributed by atoms with Crippen molar-refractivity contribution in [2.24, 2.45) is 5.10 Å². The Morgan fingerprint density at radius 3 is 2.68 bits per heavy atom. The number of halogens is 3. The van der Waals surface area contributed by atoms with Gasteiger partial charge in [0.1, 0.15) is 17.9 Å². The summed E-state index contributed by atoms with van der Waals surface area (Å²) in [6.07, 6.45) is 1.54. The number of carbonyl (C=O) groups excluding carboxylic acids is 1. The molecule has 0 saturated heterocycles. The summed E-state index contributed by atoms with van der Waals surface area (Å²) in [7, 11) is 0. The third kappa shape index (κ3) is 5.28. The molecule has 0 atom stereocenters. The van der Waals surface area contributed by atoms with Gasteiger partial charge in [0.15, 0.2) is 5.76 Å². The van der Waals surface area contributed by atoms with Gasteiger partial charge in [-0.05, 0) is 69.5 Å². The molecule has 1 amide bonds. The molecule has 0 bridgehead atoms. The van der Waals surface area contributed by atoms with Crippen molar-refractivity contribution in [2.75, 3.05) is 0 Å². The van der Waals surface area contributed by atoms with E-state index in [1.54, 1.807) is 24.3 Å². The molecule has 1 N–H and O–H groups in total. The summed E-state index contributed by atoms with van der Waals surface area (Å²) in [5, 5.41) is 5.84. The van der Waals surface area contributed by atoms with Crippen LogP contribution in [0, 0.1) is 0 Å². The van der Waals surface area contributed by atoms with E-state index in [0.717, 1.165) is 21.0 Å². The molecule has 1 aromatic heterocycles. The highest BCUT2D eigenvalue weighted by molar-refractivity contribution is 9.10. The number of rotatable bonds is 6. The van der Waals surface area contributed by atoms with E-state index in [1.807, 2.05) is 42.5 Å². The first kappa shape index (κ1) is 21.4. The van der Waals surface area contributed by atoms with Crippen LogP contribution >= 0.6 is 39.1 Å². The number of amides is 1. The molecule has 1 heterocycles. The van der Waals surface area contributed by atoms with Crippen LogP contribution in [-0.2, 0) is 6.61 Å². The summed E-state index contributed by atoms with van der Waals surface area (Å²) in [6, 6.07) is 19.9. The lowest BCUT2D eigenvalue weighted by molar-refractivity contribution is 0.0929. The first-order valence-electron chi connectivity index (χ1n) is 9.18. The number of hydrogen-bond acceptors (Lipinski definition) is 4. The van der Waals surface area contributed by atoms with Crippen molar-refractivity contribution in [3.8, 4) is 5.75 Å². The lowest BCUT2D eigenvalue weighted by Gasteiger charge is -2.09. The van der Waals surface area contributed by atoms with Gasteiger partial charge in [0.25, 0.3) is 0 Å². The first-order valence-corrected chi connectivity index (χ1v) is 10.7. The van der Waals surface area contributed by atoms with Crippen molar-refractivity contribution < 1.29 is 13.9 Å². The van der Waals surface area contributed by atoms with Crippen LogP contribution in [0.5, 0.6) is 5.75 Å². The van der Waals surface area contributed by atoms with E-state index in [-0.39, 0.29) is 5.76 Å². The summed E-state index contributed by atoms with van der Waals surface area (Å²) >= 11 is 15.4. The Labute approximate surface area is 196 Å². The number of ether oxygens (including phenoxy) is 1. The number of hydrazone groups is 1. The average molecular weight is 518 g/mol. The number of furan rings is 1. The Hall–Kier alpha value is -2.80. The molecule has 4 aromatic rings. The second-order valence-corrected chi connectivity index (χ2v) is 8.24. The maximum absolute atomic E-state index is 12.2. The summed E-state index contributed by atoms with van der Waals surface area (Å²) in [4.78, 5) is 12.2. The van der Waals surface area contributed by atoms with Crippen molar-refractivity contribution in [2.45, 2.75) is 6.61 Å². The standard InChI is InChI=1S/C23H15BrCl2N2O3/c24-17-9-14(6-8-21(17)30-13-15-5-7-18(25)19(26)10-15)12-27-28-23(29)22-11-16-3-1-2-4-20(16)31-22/h1-12H,13H2,(H,28,29)/b27-12+. The van der Waals surface area contributed by atoms with Crippen LogP contribution in [0.3, 0.4) is 0 Å². The van der Waals surface area contributed by atoms with Crippen LogP contribution < -0.4 is 10.2 Å². The maximum atomic E-state index is 12.2. The molecule has 8 heteroatoms. The van der Waals surface area contributed by atoms with Crippen molar-refractivity contribution in [3.63, 3.8) is 0 Å². The van der Waals surface area contributed by atoms with Gasteiger partial charge in [0, 0.05) is 5.39 Å². The summed E-state index contributed by atoms with van der Waals surface area (Å²) in [6.45, 7) is 0.344. The van der Waals surface area contributed by atoms with Gasteiger partial charge in [-0.25, -0.2) is 5.43 Å². The predicted molar refractivity (Wildman–Crippen MR) is 126 cm³/mol. The van der Waals surface area contributed by atoms with Crippen LogP contribution in [0.25, 0.3) is 11.0 Å². The van der Waals surface area contributed by atoms with E-state index in [2.05, 4.69) is 26.5 Å². The molecular formula is C23H15BrCl2N2O3. The van der Waals surface area contributed by atoms with Gasteiger partial charge in [-0.2, -0.15) is 5.10 Å². The first-order chi connectivity index (χ1) is 15.0. The normalized spacial score (nSPS) is 11.2. The third-order valence-electron chi connectivity index (χ3n) is 4.36. The number of nitrogens with one attached hydrogen (secondary N) is 1. The van der Waals surface area contributed by atoms with E-state index in [4.69, 9.17) is 32.4 Å². The predicted octanol–water partition coefficient (Wildman–Crippen LogP) is 6.85. The van der Waals surface area contributed by atoms with E-state index in [9.17, 15) is 4.79 Å². The van der Waals surface area contributed by atoms with Crippen LogP contribution in [-0.4, -0.2) is 12.1 Å². The summed E-state index contributed by atoms with van der Waals surface area (Å²) in [5.74, 6) is 0.438. The minimum atomic E-state index is -0.423. The van der Waals surface area contributed by atoms with Crippen LogP contribution in [0.1, 0.15) is 21.7 Å². The average Bonchev–Trinajstić information content (AvgIpc) is 3.20.